The summed E-state index contributed by atoms with van der Waals surface area (Å²) >= 11 is 0. The second-order valence-electron chi connectivity index (χ2n) is 6.88. The molecule has 0 bridgehead atoms. The van der Waals surface area contributed by atoms with Crippen molar-refractivity contribution in [1.82, 2.24) is 0 Å². The van der Waals surface area contributed by atoms with Gasteiger partial charge in [-0.1, -0.05) is 39.8 Å². The molecule has 0 saturated carbocycles. The lowest BCUT2D eigenvalue weighted by atomic mass is 9.86. The summed E-state index contributed by atoms with van der Waals surface area (Å²) in [6.07, 6.45) is 3.17. The molecule has 25 heavy (non-hydrogen) atoms. The van der Waals surface area contributed by atoms with Crippen molar-refractivity contribution in [2.45, 2.75) is 58.8 Å². The van der Waals surface area contributed by atoms with Gasteiger partial charge in [0.1, 0.15) is 0 Å². The molecule has 0 aromatic heterocycles. The number of hydrogen-bond donors (Lipinski definition) is 0. The van der Waals surface area contributed by atoms with Crippen LogP contribution in [-0.4, -0.2) is 13.4 Å². The Hall–Kier alpha value is -2.22. The zero-order chi connectivity index (χ0) is 18.4. The first kappa shape index (κ1) is 19.1. The SMILES string of the molecule is C=Nc1ccc(Cc2ccc(N=C)cc2C(C)CC)c(C(C)CC)c1. The molecule has 0 spiro atoms. The van der Waals surface area contributed by atoms with Crippen molar-refractivity contribution < 1.29 is 0 Å². The smallest absolute Gasteiger partial charge is 0.0625 e. The molecule has 0 aliphatic carbocycles. The summed E-state index contributed by atoms with van der Waals surface area (Å²) in [4.78, 5) is 8.22. The fourth-order valence-electron chi connectivity index (χ4n) is 3.25. The number of hydrogen-bond acceptors (Lipinski definition) is 2. The maximum atomic E-state index is 4.11. The summed E-state index contributed by atoms with van der Waals surface area (Å²) in [6, 6.07) is 12.9. The van der Waals surface area contributed by atoms with Crippen molar-refractivity contribution in [2.24, 2.45) is 9.98 Å². The molecule has 0 aliphatic heterocycles. The average Bonchev–Trinajstić information content (AvgIpc) is 2.67. The van der Waals surface area contributed by atoms with E-state index in [1.165, 1.54) is 22.3 Å². The van der Waals surface area contributed by atoms with Gasteiger partial charge < -0.3 is 0 Å². The van der Waals surface area contributed by atoms with Crippen LogP contribution in [0.25, 0.3) is 0 Å². The number of benzene rings is 2. The summed E-state index contributed by atoms with van der Waals surface area (Å²) < 4.78 is 0. The predicted octanol–water partition coefficient (Wildman–Crippen LogP) is 6.97. The van der Waals surface area contributed by atoms with Crippen LogP contribution in [0.2, 0.25) is 0 Å². The highest BCUT2D eigenvalue weighted by molar-refractivity contribution is 5.54. The molecule has 2 unspecified atom stereocenters. The molecule has 0 saturated heterocycles. The summed E-state index contributed by atoms with van der Waals surface area (Å²) in [7, 11) is 0. The monoisotopic (exact) mass is 334 g/mol. The van der Waals surface area contributed by atoms with Crippen LogP contribution < -0.4 is 0 Å². The van der Waals surface area contributed by atoms with E-state index in [2.05, 4.69) is 87.5 Å². The Kier molecular flexibility index (Phi) is 6.69. The molecule has 132 valence electrons. The van der Waals surface area contributed by atoms with Gasteiger partial charge >= 0.3 is 0 Å². The third-order valence-electron chi connectivity index (χ3n) is 5.29. The minimum Gasteiger partial charge on any atom is -0.265 e. The minimum atomic E-state index is 0.512. The van der Waals surface area contributed by atoms with Crippen molar-refractivity contribution >= 4 is 24.8 Å². The van der Waals surface area contributed by atoms with E-state index in [0.717, 1.165) is 30.6 Å². The van der Waals surface area contributed by atoms with Crippen LogP contribution in [-0.2, 0) is 6.42 Å². The van der Waals surface area contributed by atoms with E-state index in [0.29, 0.717) is 11.8 Å². The average molecular weight is 335 g/mol. The molecule has 0 radical (unpaired) electrons. The molecule has 2 aromatic rings. The Morgan fingerprint density at radius 2 is 1.16 bits per heavy atom. The van der Waals surface area contributed by atoms with Crippen LogP contribution in [0.15, 0.2) is 46.4 Å². The predicted molar refractivity (Wildman–Crippen MR) is 112 cm³/mol. The Labute approximate surface area is 152 Å². The maximum absolute atomic E-state index is 4.11. The van der Waals surface area contributed by atoms with E-state index in [-0.39, 0.29) is 0 Å². The van der Waals surface area contributed by atoms with Crippen LogP contribution in [0, 0.1) is 0 Å². The van der Waals surface area contributed by atoms with Crippen molar-refractivity contribution in [3.63, 3.8) is 0 Å². The zero-order valence-electron chi connectivity index (χ0n) is 16.0. The first-order valence-corrected chi connectivity index (χ1v) is 9.23. The summed E-state index contributed by atoms with van der Waals surface area (Å²) in [5, 5.41) is 0. The molecule has 2 nitrogen and oxygen atoms in total. The number of aliphatic imine (C=N–C) groups is 2. The van der Waals surface area contributed by atoms with Crippen LogP contribution in [0.3, 0.4) is 0 Å². The first-order chi connectivity index (χ1) is 12.0. The van der Waals surface area contributed by atoms with Gasteiger partial charge in [0, 0.05) is 0 Å². The molecular formula is C23H30N2. The first-order valence-electron chi connectivity index (χ1n) is 9.23. The normalized spacial score (nSPS) is 13.3. The van der Waals surface area contributed by atoms with Gasteiger partial charge in [-0.05, 0) is 91.1 Å². The topological polar surface area (TPSA) is 24.7 Å². The van der Waals surface area contributed by atoms with E-state index < -0.39 is 0 Å². The molecule has 0 N–H and O–H groups in total. The Bertz CT molecular complexity index is 682. The van der Waals surface area contributed by atoms with Gasteiger partial charge in [-0.15, -0.1) is 0 Å². The van der Waals surface area contributed by atoms with Crippen LogP contribution in [0.4, 0.5) is 11.4 Å². The molecule has 2 atom stereocenters. The summed E-state index contributed by atoms with van der Waals surface area (Å²) in [5.74, 6) is 1.02. The van der Waals surface area contributed by atoms with Crippen molar-refractivity contribution in [3.05, 3.63) is 58.7 Å². The highest BCUT2D eigenvalue weighted by Crippen LogP contribution is 2.32. The molecule has 0 aliphatic rings. The van der Waals surface area contributed by atoms with Gasteiger partial charge in [0.2, 0.25) is 0 Å². The standard InChI is InChI=1S/C23H30N2/c1-7-16(3)22-14-20(24-5)11-9-18(22)13-19-10-12-21(25-6)15-23(19)17(4)8-2/h9-12,14-17H,5-8,13H2,1-4H3. The van der Waals surface area contributed by atoms with Gasteiger partial charge in [0.25, 0.3) is 0 Å². The van der Waals surface area contributed by atoms with Crippen molar-refractivity contribution in [2.75, 3.05) is 0 Å². The molecule has 2 rings (SSSR count). The Morgan fingerprint density at radius 1 is 0.760 bits per heavy atom. The highest BCUT2D eigenvalue weighted by atomic mass is 14.7. The molecule has 2 aromatic carbocycles. The third kappa shape index (κ3) is 4.45. The van der Waals surface area contributed by atoms with Crippen molar-refractivity contribution in [3.8, 4) is 0 Å². The fourth-order valence-corrected chi connectivity index (χ4v) is 3.25. The van der Waals surface area contributed by atoms with Crippen LogP contribution in [0.1, 0.15) is 74.6 Å². The molecule has 2 heteroatoms. The Balaban J connectivity index is 2.48. The summed E-state index contributed by atoms with van der Waals surface area (Å²) in [6.45, 7) is 16.4. The van der Waals surface area contributed by atoms with Crippen molar-refractivity contribution in [1.29, 1.82) is 0 Å². The Morgan fingerprint density at radius 3 is 1.48 bits per heavy atom. The van der Waals surface area contributed by atoms with E-state index in [4.69, 9.17) is 0 Å². The second-order valence-corrected chi connectivity index (χ2v) is 6.88. The maximum Gasteiger partial charge on any atom is 0.0625 e. The quantitative estimate of drug-likeness (QED) is 0.466. The van der Waals surface area contributed by atoms with Gasteiger partial charge in [0.15, 0.2) is 0 Å². The van der Waals surface area contributed by atoms with Crippen LogP contribution in [0.5, 0.6) is 0 Å². The zero-order valence-corrected chi connectivity index (χ0v) is 16.0. The molecule has 0 heterocycles. The molecular weight excluding hydrogens is 304 g/mol. The summed E-state index contributed by atoms with van der Waals surface area (Å²) in [5.41, 5.74) is 7.43. The lowest BCUT2D eigenvalue weighted by molar-refractivity contribution is 0.715. The van der Waals surface area contributed by atoms with Gasteiger partial charge in [-0.25, -0.2) is 0 Å². The van der Waals surface area contributed by atoms with E-state index >= 15 is 0 Å². The van der Waals surface area contributed by atoms with E-state index in [9.17, 15) is 0 Å². The van der Waals surface area contributed by atoms with Gasteiger partial charge in [-0.3, -0.25) is 9.98 Å². The van der Waals surface area contributed by atoms with Crippen LogP contribution >= 0.6 is 0 Å². The lowest BCUT2D eigenvalue weighted by Crippen LogP contribution is -2.03. The molecule has 0 amide bonds. The third-order valence-corrected chi connectivity index (χ3v) is 5.29. The lowest BCUT2D eigenvalue weighted by Gasteiger charge is -2.19. The van der Waals surface area contributed by atoms with Gasteiger partial charge in [-0.2, -0.15) is 0 Å². The highest BCUT2D eigenvalue weighted by Gasteiger charge is 2.15. The molecule has 0 fully saturated rings. The van der Waals surface area contributed by atoms with E-state index in [1.54, 1.807) is 0 Å². The van der Waals surface area contributed by atoms with Gasteiger partial charge in [0.05, 0.1) is 11.4 Å². The second kappa shape index (κ2) is 8.75. The fraction of sp³-hybridized carbons (Fsp3) is 0.391. The van der Waals surface area contributed by atoms with E-state index in [1.807, 2.05) is 0 Å². The number of rotatable bonds is 8. The largest absolute Gasteiger partial charge is 0.265 e. The number of nitrogens with zero attached hydrogens (tertiary/aromatic N) is 2. The minimum absolute atomic E-state index is 0.512.